The van der Waals surface area contributed by atoms with Crippen LogP contribution in [0.2, 0.25) is 10.0 Å². The molecule has 6 nitrogen and oxygen atoms in total. The topological polar surface area (TPSA) is 66.0 Å². The van der Waals surface area contributed by atoms with E-state index < -0.39 is 0 Å². The normalized spacial score (nSPS) is 18.9. The SMILES string of the molecule is COc1ccc(C2CC(CNC(=O)NC3CCCCC3)=NN2c2ccc(Cl)cc2Cl)cc1. The van der Waals surface area contributed by atoms with Crippen molar-refractivity contribution < 1.29 is 9.53 Å². The Labute approximate surface area is 198 Å². The fourth-order valence-corrected chi connectivity index (χ4v) is 4.81. The molecule has 2 N–H and O–H groups in total. The van der Waals surface area contributed by atoms with Gasteiger partial charge in [-0.1, -0.05) is 54.6 Å². The van der Waals surface area contributed by atoms with Crippen molar-refractivity contribution in [3.63, 3.8) is 0 Å². The molecule has 2 aliphatic rings. The van der Waals surface area contributed by atoms with E-state index in [1.165, 1.54) is 19.3 Å². The smallest absolute Gasteiger partial charge is 0.315 e. The summed E-state index contributed by atoms with van der Waals surface area (Å²) in [5, 5.41) is 13.9. The number of anilines is 1. The fraction of sp³-hybridized carbons (Fsp3) is 0.417. The number of nitrogens with zero attached hydrogens (tertiary/aromatic N) is 2. The lowest BCUT2D eigenvalue weighted by molar-refractivity contribution is 0.234. The van der Waals surface area contributed by atoms with E-state index in [2.05, 4.69) is 10.6 Å². The molecule has 1 aliphatic heterocycles. The second kappa shape index (κ2) is 10.5. The standard InChI is InChI=1S/C24H28Cl2N4O2/c1-32-20-10-7-16(8-11-20)23-14-19(15-27-24(31)28-18-5-3-2-4-6-18)29-30(23)22-12-9-17(25)13-21(22)26/h7-13,18,23H,2-6,14-15H2,1H3,(H2,27,28,31). The molecule has 1 atom stereocenters. The predicted octanol–water partition coefficient (Wildman–Crippen LogP) is 5.94. The lowest BCUT2D eigenvalue weighted by Crippen LogP contribution is -2.44. The van der Waals surface area contributed by atoms with Crippen molar-refractivity contribution in [2.75, 3.05) is 18.7 Å². The van der Waals surface area contributed by atoms with Gasteiger partial charge in [-0.15, -0.1) is 0 Å². The third-order valence-corrected chi connectivity index (χ3v) is 6.56. The molecule has 0 bridgehead atoms. The number of carbonyl (C=O) groups excluding carboxylic acids is 1. The largest absolute Gasteiger partial charge is 0.497 e. The van der Waals surface area contributed by atoms with Gasteiger partial charge in [0, 0.05) is 17.5 Å². The van der Waals surface area contributed by atoms with E-state index in [0.717, 1.165) is 35.6 Å². The number of rotatable bonds is 6. The zero-order valence-electron chi connectivity index (χ0n) is 18.1. The maximum absolute atomic E-state index is 12.4. The summed E-state index contributed by atoms with van der Waals surface area (Å²) in [5.41, 5.74) is 2.75. The van der Waals surface area contributed by atoms with Crippen LogP contribution in [0.1, 0.15) is 50.1 Å². The van der Waals surface area contributed by atoms with Crippen molar-refractivity contribution in [1.29, 1.82) is 0 Å². The van der Waals surface area contributed by atoms with E-state index in [0.29, 0.717) is 23.0 Å². The monoisotopic (exact) mass is 474 g/mol. The molecule has 8 heteroatoms. The predicted molar refractivity (Wildman–Crippen MR) is 130 cm³/mol. The zero-order chi connectivity index (χ0) is 22.5. The number of ether oxygens (including phenoxy) is 1. The molecule has 2 aromatic carbocycles. The highest BCUT2D eigenvalue weighted by atomic mass is 35.5. The van der Waals surface area contributed by atoms with Crippen LogP contribution in [0.15, 0.2) is 47.6 Å². The van der Waals surface area contributed by atoms with Crippen molar-refractivity contribution in [3.8, 4) is 5.75 Å². The van der Waals surface area contributed by atoms with Gasteiger partial charge in [-0.3, -0.25) is 5.01 Å². The van der Waals surface area contributed by atoms with E-state index in [1.807, 2.05) is 35.3 Å². The maximum atomic E-state index is 12.4. The number of hydrogen-bond acceptors (Lipinski definition) is 4. The molecular weight excluding hydrogens is 447 g/mol. The number of hydrogen-bond donors (Lipinski definition) is 2. The highest BCUT2D eigenvalue weighted by Crippen LogP contribution is 2.39. The molecule has 1 aliphatic carbocycles. The summed E-state index contributed by atoms with van der Waals surface area (Å²) in [6, 6.07) is 13.4. The minimum atomic E-state index is -0.136. The van der Waals surface area contributed by atoms with Gasteiger partial charge in [0.25, 0.3) is 0 Å². The molecule has 0 spiro atoms. The molecule has 0 radical (unpaired) electrons. The summed E-state index contributed by atoms with van der Waals surface area (Å²) in [5.74, 6) is 0.796. The zero-order valence-corrected chi connectivity index (χ0v) is 19.6. The molecule has 0 aromatic heterocycles. The molecule has 1 fully saturated rings. The molecule has 1 unspecified atom stereocenters. The summed E-state index contributed by atoms with van der Waals surface area (Å²) in [7, 11) is 1.65. The second-order valence-electron chi connectivity index (χ2n) is 8.26. The van der Waals surface area contributed by atoms with Crippen LogP contribution in [0.4, 0.5) is 10.5 Å². The van der Waals surface area contributed by atoms with Gasteiger partial charge >= 0.3 is 6.03 Å². The van der Waals surface area contributed by atoms with Crippen molar-refractivity contribution in [2.24, 2.45) is 5.10 Å². The molecule has 4 rings (SSSR count). The summed E-state index contributed by atoms with van der Waals surface area (Å²) in [6.45, 7) is 0.382. The highest BCUT2D eigenvalue weighted by Gasteiger charge is 2.30. The van der Waals surface area contributed by atoms with E-state index >= 15 is 0 Å². The van der Waals surface area contributed by atoms with Crippen LogP contribution in [0.25, 0.3) is 0 Å². The van der Waals surface area contributed by atoms with Crippen LogP contribution in [-0.4, -0.2) is 31.4 Å². The maximum Gasteiger partial charge on any atom is 0.315 e. The summed E-state index contributed by atoms with van der Waals surface area (Å²) < 4.78 is 5.29. The van der Waals surface area contributed by atoms with Gasteiger partial charge in [-0.05, 0) is 48.7 Å². The first kappa shape index (κ1) is 22.7. The van der Waals surface area contributed by atoms with E-state index in [9.17, 15) is 4.79 Å². The lowest BCUT2D eigenvalue weighted by Gasteiger charge is -2.25. The fourth-order valence-electron chi connectivity index (χ4n) is 4.32. The number of halogens is 2. The first-order valence-electron chi connectivity index (χ1n) is 11.0. The van der Waals surface area contributed by atoms with Gasteiger partial charge in [-0.2, -0.15) is 5.10 Å². The van der Waals surface area contributed by atoms with E-state index in [1.54, 1.807) is 19.2 Å². The summed E-state index contributed by atoms with van der Waals surface area (Å²) in [4.78, 5) is 12.4. The van der Waals surface area contributed by atoms with Crippen LogP contribution < -0.4 is 20.4 Å². The molecular formula is C24H28Cl2N4O2. The molecule has 1 heterocycles. The Balaban J connectivity index is 1.49. The summed E-state index contributed by atoms with van der Waals surface area (Å²) in [6.07, 6.45) is 6.39. The first-order chi connectivity index (χ1) is 15.5. The average Bonchev–Trinajstić information content (AvgIpc) is 3.22. The Morgan fingerprint density at radius 2 is 1.88 bits per heavy atom. The quantitative estimate of drug-likeness (QED) is 0.544. The van der Waals surface area contributed by atoms with Crippen LogP contribution in [0, 0.1) is 0 Å². The Kier molecular flexibility index (Phi) is 7.43. The molecule has 2 amide bonds. The number of benzene rings is 2. The summed E-state index contributed by atoms with van der Waals surface area (Å²) >= 11 is 12.6. The molecule has 0 saturated heterocycles. The Hall–Kier alpha value is -2.44. The van der Waals surface area contributed by atoms with Gasteiger partial charge in [0.15, 0.2) is 0 Å². The van der Waals surface area contributed by atoms with E-state index in [-0.39, 0.29) is 18.1 Å². The van der Waals surface area contributed by atoms with Crippen LogP contribution in [0.5, 0.6) is 5.75 Å². The van der Waals surface area contributed by atoms with Crippen LogP contribution >= 0.6 is 23.2 Å². The van der Waals surface area contributed by atoms with Gasteiger partial charge in [0.05, 0.1) is 36.1 Å². The number of hydrazone groups is 1. The second-order valence-corrected chi connectivity index (χ2v) is 9.11. The van der Waals surface area contributed by atoms with Crippen molar-refractivity contribution in [2.45, 2.75) is 50.6 Å². The van der Waals surface area contributed by atoms with Gasteiger partial charge in [0.1, 0.15) is 5.75 Å². The van der Waals surface area contributed by atoms with Crippen LogP contribution in [-0.2, 0) is 0 Å². The number of amides is 2. The minimum Gasteiger partial charge on any atom is -0.497 e. The Bertz CT molecular complexity index is 974. The van der Waals surface area contributed by atoms with E-state index in [4.69, 9.17) is 33.0 Å². The van der Waals surface area contributed by atoms with Gasteiger partial charge in [0.2, 0.25) is 0 Å². The number of methoxy groups -OCH3 is 1. The average molecular weight is 475 g/mol. The highest BCUT2D eigenvalue weighted by molar-refractivity contribution is 6.36. The molecule has 1 saturated carbocycles. The third-order valence-electron chi connectivity index (χ3n) is 6.02. The Morgan fingerprint density at radius 1 is 1.12 bits per heavy atom. The number of nitrogens with one attached hydrogen (secondary N) is 2. The van der Waals surface area contributed by atoms with Crippen molar-refractivity contribution >= 4 is 40.6 Å². The van der Waals surface area contributed by atoms with Gasteiger partial charge in [-0.25, -0.2) is 4.79 Å². The Morgan fingerprint density at radius 3 is 2.56 bits per heavy atom. The van der Waals surface area contributed by atoms with Crippen molar-refractivity contribution in [1.82, 2.24) is 10.6 Å². The van der Waals surface area contributed by atoms with Crippen LogP contribution in [0.3, 0.4) is 0 Å². The molecule has 2 aromatic rings. The lowest BCUT2D eigenvalue weighted by atomic mass is 9.96. The molecule has 32 heavy (non-hydrogen) atoms. The third kappa shape index (κ3) is 5.48. The molecule has 170 valence electrons. The minimum absolute atomic E-state index is 0.0437. The first-order valence-corrected chi connectivity index (χ1v) is 11.8. The number of carbonyl (C=O) groups is 1. The van der Waals surface area contributed by atoms with Gasteiger partial charge < -0.3 is 15.4 Å². The van der Waals surface area contributed by atoms with Crippen molar-refractivity contribution in [3.05, 3.63) is 58.1 Å². The number of urea groups is 1.